The van der Waals surface area contributed by atoms with Gasteiger partial charge in [0.2, 0.25) is 0 Å². The summed E-state index contributed by atoms with van der Waals surface area (Å²) in [5, 5.41) is 11.0. The van der Waals surface area contributed by atoms with Gasteiger partial charge >= 0.3 is 0 Å². The number of rotatable bonds is 4. The van der Waals surface area contributed by atoms with Gasteiger partial charge in [-0.15, -0.1) is 0 Å². The molecule has 0 aromatic heterocycles. The summed E-state index contributed by atoms with van der Waals surface area (Å²) >= 11 is 11.9. The molecule has 0 saturated carbocycles. The first-order valence-corrected chi connectivity index (χ1v) is 5.88. The lowest BCUT2D eigenvalue weighted by atomic mass is 10.1. The number of halogens is 2. The fourth-order valence-electron chi connectivity index (χ4n) is 1.66. The third-order valence-electron chi connectivity index (χ3n) is 2.11. The predicted molar refractivity (Wildman–Crippen MR) is 69.1 cm³/mol. The van der Waals surface area contributed by atoms with E-state index in [1.807, 2.05) is 24.1 Å². The minimum Gasteiger partial charge on any atom is -0.389 e. The largest absolute Gasteiger partial charge is 0.389 e. The number of likely N-dealkylation sites (N-methyl/N-ethyl adjacent to an activating group) is 1. The highest BCUT2D eigenvalue weighted by atomic mass is 35.5. The summed E-state index contributed by atoms with van der Waals surface area (Å²) < 4.78 is 0. The Morgan fingerprint density at radius 3 is 2.44 bits per heavy atom. The Hall–Kier alpha value is -0.280. The van der Waals surface area contributed by atoms with Gasteiger partial charge in [-0.25, -0.2) is 0 Å². The molecule has 0 heterocycles. The van der Waals surface area contributed by atoms with Gasteiger partial charge in [-0.3, -0.25) is 4.90 Å². The zero-order chi connectivity index (χ0) is 12.3. The summed E-state index contributed by atoms with van der Waals surface area (Å²) in [5.74, 6) is 0. The lowest BCUT2D eigenvalue weighted by Gasteiger charge is -2.25. The van der Waals surface area contributed by atoms with Crippen molar-refractivity contribution < 1.29 is 5.11 Å². The van der Waals surface area contributed by atoms with Crippen LogP contribution in [0, 0.1) is 0 Å². The quantitative estimate of drug-likeness (QED) is 0.900. The molecule has 0 aliphatic heterocycles. The maximum atomic E-state index is 9.68. The van der Waals surface area contributed by atoms with Crippen LogP contribution in [0.3, 0.4) is 0 Å². The van der Waals surface area contributed by atoms with Crippen molar-refractivity contribution in [2.24, 2.45) is 0 Å². The van der Waals surface area contributed by atoms with E-state index >= 15 is 0 Å². The molecule has 0 fully saturated rings. The monoisotopic (exact) mass is 261 g/mol. The van der Waals surface area contributed by atoms with Crippen molar-refractivity contribution >= 4 is 23.2 Å². The summed E-state index contributed by atoms with van der Waals surface area (Å²) in [6, 6.07) is 5.46. The Bertz CT molecular complexity index is 361. The average Bonchev–Trinajstić information content (AvgIpc) is 2.06. The molecular weight excluding hydrogens is 245 g/mol. The maximum absolute atomic E-state index is 9.68. The molecule has 1 rings (SSSR count). The molecule has 16 heavy (non-hydrogen) atoms. The number of nitrogens with zero attached hydrogens (tertiary/aromatic N) is 1. The van der Waals surface area contributed by atoms with E-state index in [4.69, 9.17) is 23.2 Å². The van der Waals surface area contributed by atoms with Crippen molar-refractivity contribution in [3.05, 3.63) is 33.8 Å². The van der Waals surface area contributed by atoms with Crippen molar-refractivity contribution in [3.8, 4) is 0 Å². The Morgan fingerprint density at radius 2 is 1.94 bits per heavy atom. The van der Waals surface area contributed by atoms with Crippen LogP contribution in [0.15, 0.2) is 18.2 Å². The molecule has 90 valence electrons. The molecule has 0 aliphatic rings. The second-order valence-electron chi connectivity index (χ2n) is 4.72. The molecule has 0 spiro atoms. The van der Waals surface area contributed by atoms with Crippen LogP contribution in [-0.4, -0.2) is 29.2 Å². The molecule has 0 aliphatic carbocycles. The first-order valence-electron chi connectivity index (χ1n) is 5.13. The first kappa shape index (κ1) is 13.8. The molecule has 4 heteroatoms. The molecular formula is C12H17Cl2NO. The summed E-state index contributed by atoms with van der Waals surface area (Å²) in [6.45, 7) is 4.85. The van der Waals surface area contributed by atoms with E-state index in [0.29, 0.717) is 23.1 Å². The maximum Gasteiger partial charge on any atom is 0.0718 e. The third kappa shape index (κ3) is 4.71. The van der Waals surface area contributed by atoms with E-state index in [1.54, 1.807) is 19.9 Å². The van der Waals surface area contributed by atoms with E-state index in [-0.39, 0.29) is 0 Å². The van der Waals surface area contributed by atoms with Crippen LogP contribution >= 0.6 is 23.2 Å². The molecule has 2 nitrogen and oxygen atoms in total. The Morgan fingerprint density at radius 1 is 1.31 bits per heavy atom. The van der Waals surface area contributed by atoms with Crippen molar-refractivity contribution in [1.82, 2.24) is 4.90 Å². The lowest BCUT2D eigenvalue weighted by Crippen LogP contribution is -2.35. The SMILES string of the molecule is CN(Cc1ccc(Cl)cc1Cl)CC(C)(C)O. The van der Waals surface area contributed by atoms with Crippen LogP contribution in [0.2, 0.25) is 10.0 Å². The highest BCUT2D eigenvalue weighted by Crippen LogP contribution is 2.22. The van der Waals surface area contributed by atoms with E-state index < -0.39 is 5.60 Å². The summed E-state index contributed by atoms with van der Waals surface area (Å²) in [4.78, 5) is 2.02. The zero-order valence-electron chi connectivity index (χ0n) is 9.80. The van der Waals surface area contributed by atoms with Gasteiger partial charge in [0.15, 0.2) is 0 Å². The third-order valence-corrected chi connectivity index (χ3v) is 2.70. The van der Waals surface area contributed by atoms with E-state index in [2.05, 4.69) is 0 Å². The van der Waals surface area contributed by atoms with Gasteiger partial charge in [0.25, 0.3) is 0 Å². The van der Waals surface area contributed by atoms with E-state index in [1.165, 1.54) is 0 Å². The number of hydrogen-bond acceptors (Lipinski definition) is 2. The molecule has 0 amide bonds. The Labute approximate surface area is 107 Å². The first-order chi connectivity index (χ1) is 7.28. The molecule has 1 N–H and O–H groups in total. The van der Waals surface area contributed by atoms with Crippen LogP contribution in [0.4, 0.5) is 0 Å². The fourth-order valence-corrected chi connectivity index (χ4v) is 2.13. The normalized spacial score (nSPS) is 12.2. The molecule has 0 unspecified atom stereocenters. The van der Waals surface area contributed by atoms with Crippen LogP contribution in [0.1, 0.15) is 19.4 Å². The van der Waals surface area contributed by atoms with Crippen molar-refractivity contribution in [2.75, 3.05) is 13.6 Å². The van der Waals surface area contributed by atoms with Gasteiger partial charge in [-0.05, 0) is 38.6 Å². The Balaban J connectivity index is 2.66. The minimum absolute atomic E-state index is 0.589. The van der Waals surface area contributed by atoms with Gasteiger partial charge in [0.05, 0.1) is 5.60 Å². The van der Waals surface area contributed by atoms with Gasteiger partial charge in [-0.2, -0.15) is 0 Å². The van der Waals surface area contributed by atoms with Gasteiger partial charge in [0.1, 0.15) is 0 Å². The smallest absolute Gasteiger partial charge is 0.0718 e. The average molecular weight is 262 g/mol. The molecule has 0 atom stereocenters. The van der Waals surface area contributed by atoms with E-state index in [0.717, 1.165) is 5.56 Å². The fraction of sp³-hybridized carbons (Fsp3) is 0.500. The molecule has 1 aromatic carbocycles. The molecule has 1 aromatic rings. The van der Waals surface area contributed by atoms with E-state index in [9.17, 15) is 5.11 Å². The summed E-state index contributed by atoms with van der Waals surface area (Å²) in [5.41, 5.74) is 0.311. The van der Waals surface area contributed by atoms with Crippen LogP contribution in [0.5, 0.6) is 0 Å². The highest BCUT2D eigenvalue weighted by Gasteiger charge is 2.16. The van der Waals surface area contributed by atoms with Gasteiger partial charge < -0.3 is 5.11 Å². The number of aliphatic hydroxyl groups is 1. The molecule has 0 bridgehead atoms. The molecule has 0 saturated heterocycles. The highest BCUT2D eigenvalue weighted by molar-refractivity contribution is 6.35. The van der Waals surface area contributed by atoms with Crippen LogP contribution in [-0.2, 0) is 6.54 Å². The minimum atomic E-state index is -0.701. The molecule has 0 radical (unpaired) electrons. The van der Waals surface area contributed by atoms with Crippen molar-refractivity contribution in [1.29, 1.82) is 0 Å². The topological polar surface area (TPSA) is 23.5 Å². The van der Waals surface area contributed by atoms with Crippen LogP contribution < -0.4 is 0 Å². The second kappa shape index (κ2) is 5.37. The summed E-state index contributed by atoms with van der Waals surface area (Å²) in [7, 11) is 1.95. The van der Waals surface area contributed by atoms with Crippen molar-refractivity contribution in [3.63, 3.8) is 0 Å². The Kier molecular flexibility index (Phi) is 4.62. The lowest BCUT2D eigenvalue weighted by molar-refractivity contribution is 0.0425. The summed E-state index contributed by atoms with van der Waals surface area (Å²) in [6.07, 6.45) is 0. The van der Waals surface area contributed by atoms with Crippen molar-refractivity contribution in [2.45, 2.75) is 26.0 Å². The zero-order valence-corrected chi connectivity index (χ0v) is 11.3. The number of benzene rings is 1. The predicted octanol–water partition coefficient (Wildman–Crippen LogP) is 3.20. The van der Waals surface area contributed by atoms with Gasteiger partial charge in [0, 0.05) is 23.1 Å². The number of hydrogen-bond donors (Lipinski definition) is 1. The standard InChI is InChI=1S/C12H17Cl2NO/c1-12(2,16)8-15(3)7-9-4-5-10(13)6-11(9)14/h4-6,16H,7-8H2,1-3H3. The van der Waals surface area contributed by atoms with Gasteiger partial charge in [-0.1, -0.05) is 29.3 Å². The van der Waals surface area contributed by atoms with Crippen LogP contribution in [0.25, 0.3) is 0 Å². The second-order valence-corrected chi connectivity index (χ2v) is 5.56.